The number of hydrogen-bond donors (Lipinski definition) is 1. The summed E-state index contributed by atoms with van der Waals surface area (Å²) in [6, 6.07) is 9.54. The van der Waals surface area contributed by atoms with Crippen LogP contribution in [-0.4, -0.2) is 4.98 Å². The molecule has 0 spiro atoms. The van der Waals surface area contributed by atoms with E-state index in [-0.39, 0.29) is 0 Å². The standard InChI is InChI=1S/C15H20N2/c1-3-14-6-8-15(9-7-14)5-4-13(2)17-11-10-16-12-17/h6-13H,3-5H2,1-2H3/p+1. The number of aromatic nitrogens is 2. The molecule has 1 atom stereocenters. The lowest BCUT2D eigenvalue weighted by Crippen LogP contribution is -2.35. The van der Waals surface area contributed by atoms with E-state index < -0.39 is 0 Å². The summed E-state index contributed by atoms with van der Waals surface area (Å²) < 4.78 is 2.22. The Balaban J connectivity index is 1.89. The van der Waals surface area contributed by atoms with Crippen LogP contribution in [0.4, 0.5) is 0 Å². The highest BCUT2D eigenvalue weighted by atomic mass is 15.0. The second-order valence-corrected chi connectivity index (χ2v) is 4.62. The van der Waals surface area contributed by atoms with E-state index in [2.05, 4.69) is 53.9 Å². The molecule has 2 aromatic rings. The van der Waals surface area contributed by atoms with Crippen LogP contribution < -0.4 is 4.57 Å². The van der Waals surface area contributed by atoms with Gasteiger partial charge in [-0.3, -0.25) is 4.98 Å². The Morgan fingerprint density at radius 2 is 1.88 bits per heavy atom. The van der Waals surface area contributed by atoms with Gasteiger partial charge in [0.25, 0.3) is 0 Å². The molecule has 2 nitrogen and oxygen atoms in total. The summed E-state index contributed by atoms with van der Waals surface area (Å²) in [5.74, 6) is 0. The molecule has 0 saturated heterocycles. The van der Waals surface area contributed by atoms with Crippen LogP contribution in [0.25, 0.3) is 0 Å². The second kappa shape index (κ2) is 5.67. The Bertz CT molecular complexity index is 428. The molecular weight excluding hydrogens is 208 g/mol. The van der Waals surface area contributed by atoms with Crippen molar-refractivity contribution in [1.29, 1.82) is 0 Å². The van der Waals surface area contributed by atoms with Crippen LogP contribution in [0.3, 0.4) is 0 Å². The molecule has 1 aromatic heterocycles. The molecule has 2 heteroatoms. The van der Waals surface area contributed by atoms with Crippen LogP contribution in [0.1, 0.15) is 37.4 Å². The largest absolute Gasteiger partial charge is 0.250 e. The first kappa shape index (κ1) is 11.9. The maximum Gasteiger partial charge on any atom is 0.241 e. The molecule has 0 radical (unpaired) electrons. The number of H-pyrrole nitrogens is 1. The van der Waals surface area contributed by atoms with Crippen LogP contribution in [0.15, 0.2) is 43.0 Å². The molecular formula is C15H21N2+. The van der Waals surface area contributed by atoms with Gasteiger partial charge in [0.2, 0.25) is 6.33 Å². The average molecular weight is 229 g/mol. The molecule has 0 aliphatic rings. The van der Waals surface area contributed by atoms with Crippen LogP contribution in [0.2, 0.25) is 0 Å². The lowest BCUT2D eigenvalue weighted by Gasteiger charge is -2.08. The van der Waals surface area contributed by atoms with Gasteiger partial charge >= 0.3 is 0 Å². The van der Waals surface area contributed by atoms with Gasteiger partial charge in [-0.15, -0.1) is 0 Å². The van der Waals surface area contributed by atoms with E-state index in [0.717, 1.165) is 12.8 Å². The number of nitrogens with one attached hydrogen (secondary N) is 1. The number of rotatable bonds is 5. The van der Waals surface area contributed by atoms with Crippen molar-refractivity contribution in [3.8, 4) is 0 Å². The lowest BCUT2D eigenvalue weighted by molar-refractivity contribution is -0.719. The molecule has 0 aliphatic heterocycles. The normalized spacial score (nSPS) is 12.6. The van der Waals surface area contributed by atoms with Gasteiger partial charge < -0.3 is 0 Å². The highest BCUT2D eigenvalue weighted by Crippen LogP contribution is 2.11. The fraction of sp³-hybridized carbons (Fsp3) is 0.400. The molecule has 17 heavy (non-hydrogen) atoms. The lowest BCUT2D eigenvalue weighted by atomic mass is 10.0. The summed E-state index contributed by atoms with van der Waals surface area (Å²) in [7, 11) is 0. The van der Waals surface area contributed by atoms with E-state index >= 15 is 0 Å². The molecule has 0 aliphatic carbocycles. The smallest absolute Gasteiger partial charge is 0.241 e. The molecule has 0 bridgehead atoms. The minimum absolute atomic E-state index is 0.548. The summed E-state index contributed by atoms with van der Waals surface area (Å²) in [6.07, 6.45) is 9.51. The summed E-state index contributed by atoms with van der Waals surface area (Å²) in [5, 5.41) is 0. The topological polar surface area (TPSA) is 19.7 Å². The first-order chi connectivity index (χ1) is 8.29. The van der Waals surface area contributed by atoms with Crippen molar-refractivity contribution in [3.63, 3.8) is 0 Å². The third kappa shape index (κ3) is 3.19. The maximum absolute atomic E-state index is 3.09. The van der Waals surface area contributed by atoms with Crippen molar-refractivity contribution >= 4 is 0 Å². The third-order valence-electron chi connectivity index (χ3n) is 3.36. The van der Waals surface area contributed by atoms with Gasteiger partial charge in [0.1, 0.15) is 12.4 Å². The molecule has 90 valence electrons. The summed E-state index contributed by atoms with van der Waals surface area (Å²) >= 11 is 0. The van der Waals surface area contributed by atoms with Crippen LogP contribution in [0.5, 0.6) is 0 Å². The number of hydrogen-bond acceptors (Lipinski definition) is 0. The Kier molecular flexibility index (Phi) is 3.97. The molecule has 1 heterocycles. The maximum atomic E-state index is 3.09. The number of benzene rings is 1. The SMILES string of the molecule is CCc1ccc(CCC(C)[n+]2cc[nH]c2)cc1. The van der Waals surface area contributed by atoms with Gasteiger partial charge in [-0.05, 0) is 37.3 Å². The fourth-order valence-electron chi connectivity index (χ4n) is 2.04. The Morgan fingerprint density at radius 1 is 1.18 bits per heavy atom. The minimum Gasteiger partial charge on any atom is -0.250 e. The second-order valence-electron chi connectivity index (χ2n) is 4.62. The molecule has 1 aromatic carbocycles. The molecule has 0 saturated carbocycles. The van der Waals surface area contributed by atoms with Crippen molar-refractivity contribution in [2.24, 2.45) is 0 Å². The predicted molar refractivity (Wildman–Crippen MR) is 69.8 cm³/mol. The zero-order valence-corrected chi connectivity index (χ0v) is 10.7. The third-order valence-corrected chi connectivity index (χ3v) is 3.36. The van der Waals surface area contributed by atoms with Gasteiger partial charge in [0.15, 0.2) is 0 Å². The zero-order valence-electron chi connectivity index (χ0n) is 10.7. The van der Waals surface area contributed by atoms with Crippen molar-refractivity contribution in [2.75, 3.05) is 0 Å². The van der Waals surface area contributed by atoms with Crippen molar-refractivity contribution < 1.29 is 4.57 Å². The molecule has 0 fully saturated rings. The van der Waals surface area contributed by atoms with Crippen LogP contribution in [0, 0.1) is 0 Å². The summed E-state index contributed by atoms with van der Waals surface area (Å²) in [5.41, 5.74) is 2.85. The molecule has 0 amide bonds. The van der Waals surface area contributed by atoms with Crippen LogP contribution in [-0.2, 0) is 12.8 Å². The van der Waals surface area contributed by atoms with Gasteiger partial charge in [0.05, 0.1) is 6.04 Å². The molecule has 1 unspecified atom stereocenters. The van der Waals surface area contributed by atoms with Gasteiger partial charge in [0, 0.05) is 0 Å². The Labute approximate surface area is 103 Å². The summed E-state index contributed by atoms with van der Waals surface area (Å²) in [4.78, 5) is 3.09. The monoisotopic (exact) mass is 229 g/mol. The number of aromatic amines is 1. The van der Waals surface area contributed by atoms with Gasteiger partial charge in [-0.1, -0.05) is 31.2 Å². The van der Waals surface area contributed by atoms with E-state index in [1.54, 1.807) is 0 Å². The highest BCUT2D eigenvalue weighted by Gasteiger charge is 2.08. The van der Waals surface area contributed by atoms with Crippen molar-refractivity contribution in [3.05, 3.63) is 54.1 Å². The highest BCUT2D eigenvalue weighted by molar-refractivity contribution is 5.22. The van der Waals surface area contributed by atoms with E-state index in [1.807, 2.05) is 12.5 Å². The average Bonchev–Trinajstić information content (AvgIpc) is 2.90. The van der Waals surface area contributed by atoms with Crippen molar-refractivity contribution in [2.45, 2.75) is 39.2 Å². The first-order valence-corrected chi connectivity index (χ1v) is 6.41. The summed E-state index contributed by atoms with van der Waals surface area (Å²) in [6.45, 7) is 4.45. The van der Waals surface area contributed by atoms with Crippen molar-refractivity contribution in [1.82, 2.24) is 4.98 Å². The molecule has 2 rings (SSSR count). The number of imidazole rings is 1. The quantitative estimate of drug-likeness (QED) is 0.760. The zero-order chi connectivity index (χ0) is 12.1. The first-order valence-electron chi connectivity index (χ1n) is 6.41. The Hall–Kier alpha value is -1.57. The van der Waals surface area contributed by atoms with Gasteiger partial charge in [-0.2, -0.15) is 0 Å². The number of nitrogens with zero attached hydrogens (tertiary/aromatic N) is 1. The Morgan fingerprint density at radius 3 is 2.47 bits per heavy atom. The van der Waals surface area contributed by atoms with E-state index in [0.29, 0.717) is 6.04 Å². The van der Waals surface area contributed by atoms with E-state index in [4.69, 9.17) is 0 Å². The minimum atomic E-state index is 0.548. The van der Waals surface area contributed by atoms with Crippen LogP contribution >= 0.6 is 0 Å². The fourth-order valence-corrected chi connectivity index (χ4v) is 2.04. The van der Waals surface area contributed by atoms with Gasteiger partial charge in [-0.25, -0.2) is 4.57 Å². The van der Waals surface area contributed by atoms with E-state index in [1.165, 1.54) is 17.5 Å². The number of aryl methyl sites for hydroxylation is 2. The predicted octanol–water partition coefficient (Wildman–Crippen LogP) is 3.06. The molecule has 1 N–H and O–H groups in total. The van der Waals surface area contributed by atoms with E-state index in [9.17, 15) is 0 Å².